The van der Waals surface area contributed by atoms with Crippen molar-refractivity contribution in [2.45, 2.75) is 27.3 Å². The Bertz CT molecular complexity index is 592. The number of nitrogens with zero attached hydrogens (tertiary/aromatic N) is 1. The van der Waals surface area contributed by atoms with Crippen molar-refractivity contribution < 1.29 is 9.90 Å². The highest BCUT2D eigenvalue weighted by Crippen LogP contribution is 1.96. The quantitative estimate of drug-likeness (QED) is 0.735. The number of aliphatic carboxylic acids is 1. The third kappa shape index (κ3) is 2.93. The third-order valence-corrected chi connectivity index (χ3v) is 2.48. The molecule has 0 saturated heterocycles. The summed E-state index contributed by atoms with van der Waals surface area (Å²) in [7, 11) is 0. The number of rotatable bonds is 3. The van der Waals surface area contributed by atoms with E-state index in [0.29, 0.717) is 16.7 Å². The van der Waals surface area contributed by atoms with Gasteiger partial charge in [0.25, 0.3) is 11.1 Å². The molecule has 0 atom stereocenters. The van der Waals surface area contributed by atoms with Crippen molar-refractivity contribution in [1.29, 1.82) is 0 Å². The molecule has 0 aliphatic heterocycles. The number of hydrogen-bond donors (Lipinski definition) is 2. The minimum absolute atomic E-state index is 0.0570. The van der Waals surface area contributed by atoms with Crippen LogP contribution in [-0.4, -0.2) is 20.9 Å². The van der Waals surface area contributed by atoms with Gasteiger partial charge in [0.1, 0.15) is 0 Å². The number of allylic oxidation sites excluding steroid dienone is 1. The Morgan fingerprint density at radius 2 is 1.94 bits per heavy atom. The predicted octanol–water partition coefficient (Wildman–Crippen LogP) is 0.184. The maximum Gasteiger partial charge on any atom is 0.328 e. The molecule has 0 unspecified atom stereocenters. The second-order valence-electron chi connectivity index (χ2n) is 3.91. The average Bonchev–Trinajstić information content (AvgIpc) is 2.21. The molecule has 0 saturated carbocycles. The summed E-state index contributed by atoms with van der Waals surface area (Å²) in [5.41, 5.74) is 0.562. The van der Waals surface area contributed by atoms with E-state index in [1.165, 1.54) is 0 Å². The number of aromatic amines is 1. The summed E-state index contributed by atoms with van der Waals surface area (Å²) in [4.78, 5) is 33.7. The van der Waals surface area contributed by atoms with Gasteiger partial charge in [-0.15, -0.1) is 0 Å². The first kappa shape index (κ1) is 13.0. The van der Waals surface area contributed by atoms with Crippen molar-refractivity contribution in [3.05, 3.63) is 43.5 Å². The Kier molecular flexibility index (Phi) is 3.67. The Balaban J connectivity index is 3.22. The number of H-pyrrole nitrogens is 1. The van der Waals surface area contributed by atoms with Crippen LogP contribution < -0.4 is 11.1 Å². The van der Waals surface area contributed by atoms with E-state index in [4.69, 9.17) is 5.11 Å². The number of carboxylic acid groups (broad SMARTS) is 1. The molecule has 1 heterocycles. The molecule has 0 radical (unpaired) electrons. The number of nitrogens with one attached hydrogen (secondary N) is 1. The zero-order valence-electron chi connectivity index (χ0n) is 9.90. The lowest BCUT2D eigenvalue weighted by atomic mass is 10.2. The zero-order valence-corrected chi connectivity index (χ0v) is 9.90. The van der Waals surface area contributed by atoms with E-state index in [1.54, 1.807) is 20.8 Å². The highest BCUT2D eigenvalue weighted by molar-refractivity contribution is 5.80. The number of carboxylic acids is 1. The molecule has 1 aromatic rings. The molecule has 2 N–H and O–H groups in total. The second-order valence-corrected chi connectivity index (χ2v) is 3.91. The van der Waals surface area contributed by atoms with Crippen LogP contribution in [0.1, 0.15) is 18.1 Å². The Hall–Kier alpha value is -2.11. The normalized spacial score (nSPS) is 11.6. The van der Waals surface area contributed by atoms with E-state index >= 15 is 0 Å². The van der Waals surface area contributed by atoms with Crippen LogP contribution in [0.2, 0.25) is 0 Å². The molecule has 0 bridgehead atoms. The van der Waals surface area contributed by atoms with Crippen LogP contribution >= 0.6 is 0 Å². The lowest BCUT2D eigenvalue weighted by Crippen LogP contribution is -2.33. The topological polar surface area (TPSA) is 92.2 Å². The van der Waals surface area contributed by atoms with E-state index in [1.807, 2.05) is 0 Å². The van der Waals surface area contributed by atoms with Gasteiger partial charge in [-0.25, -0.2) is 9.48 Å². The molecule has 0 aliphatic rings. The van der Waals surface area contributed by atoms with Gasteiger partial charge in [0.15, 0.2) is 0 Å². The average molecular weight is 238 g/mol. The SMILES string of the molecule is CC(=CC(=O)O)Cn1[nH]c(=O)c(C)c(C)c1=O. The molecule has 0 fully saturated rings. The van der Waals surface area contributed by atoms with Crippen LogP contribution in [0.4, 0.5) is 0 Å². The summed E-state index contributed by atoms with van der Waals surface area (Å²) in [6.45, 7) is 4.77. The van der Waals surface area contributed by atoms with E-state index in [9.17, 15) is 14.4 Å². The summed E-state index contributed by atoms with van der Waals surface area (Å²) in [5, 5.41) is 11.0. The van der Waals surface area contributed by atoms with Crippen LogP contribution in [0.25, 0.3) is 0 Å². The fraction of sp³-hybridized carbons (Fsp3) is 0.364. The molecule has 0 aliphatic carbocycles. The number of hydrogen-bond acceptors (Lipinski definition) is 3. The van der Waals surface area contributed by atoms with Gasteiger partial charge in [0, 0.05) is 17.2 Å². The largest absolute Gasteiger partial charge is 0.478 e. The molecule has 1 rings (SSSR count). The van der Waals surface area contributed by atoms with Crippen LogP contribution in [-0.2, 0) is 11.3 Å². The second kappa shape index (κ2) is 4.82. The van der Waals surface area contributed by atoms with E-state index < -0.39 is 5.97 Å². The zero-order chi connectivity index (χ0) is 13.2. The van der Waals surface area contributed by atoms with Gasteiger partial charge in [0.2, 0.25) is 0 Å². The van der Waals surface area contributed by atoms with Crippen molar-refractivity contribution >= 4 is 5.97 Å². The predicted molar refractivity (Wildman–Crippen MR) is 62.2 cm³/mol. The summed E-state index contributed by atoms with van der Waals surface area (Å²) >= 11 is 0. The smallest absolute Gasteiger partial charge is 0.328 e. The van der Waals surface area contributed by atoms with Gasteiger partial charge in [-0.2, -0.15) is 0 Å². The van der Waals surface area contributed by atoms with Crippen molar-refractivity contribution in [2.24, 2.45) is 0 Å². The molecular weight excluding hydrogens is 224 g/mol. The van der Waals surface area contributed by atoms with Crippen molar-refractivity contribution in [2.75, 3.05) is 0 Å². The van der Waals surface area contributed by atoms with Crippen LogP contribution in [0.5, 0.6) is 0 Å². The summed E-state index contributed by atoms with van der Waals surface area (Å²) in [6, 6.07) is 0. The van der Waals surface area contributed by atoms with Crippen LogP contribution in [0.15, 0.2) is 21.2 Å². The number of carbonyl (C=O) groups is 1. The molecule has 1 aromatic heterocycles. The Labute approximate surface area is 97.2 Å². The highest BCUT2D eigenvalue weighted by atomic mass is 16.4. The van der Waals surface area contributed by atoms with Gasteiger partial charge in [0.05, 0.1) is 6.54 Å². The molecule has 0 aromatic carbocycles. The van der Waals surface area contributed by atoms with Gasteiger partial charge in [-0.1, -0.05) is 0 Å². The lowest BCUT2D eigenvalue weighted by Gasteiger charge is -2.07. The lowest BCUT2D eigenvalue weighted by molar-refractivity contribution is -0.131. The number of aromatic nitrogens is 2. The van der Waals surface area contributed by atoms with Crippen molar-refractivity contribution in [3.63, 3.8) is 0 Å². The van der Waals surface area contributed by atoms with Crippen molar-refractivity contribution in [1.82, 2.24) is 9.78 Å². The molecule has 92 valence electrons. The Morgan fingerprint density at radius 3 is 2.47 bits per heavy atom. The minimum Gasteiger partial charge on any atom is -0.478 e. The van der Waals surface area contributed by atoms with Gasteiger partial charge < -0.3 is 5.11 Å². The first-order valence-corrected chi connectivity index (χ1v) is 5.03. The molecular formula is C11H14N2O4. The van der Waals surface area contributed by atoms with Gasteiger partial charge >= 0.3 is 5.97 Å². The maximum absolute atomic E-state index is 11.8. The molecule has 6 heteroatoms. The van der Waals surface area contributed by atoms with E-state index in [2.05, 4.69) is 5.10 Å². The fourth-order valence-corrected chi connectivity index (χ4v) is 1.41. The molecule has 0 amide bonds. The standard InChI is InChI=1S/C11H14N2O4/c1-6(4-9(14)15)5-13-11(17)8(3)7(2)10(16)12-13/h4H,5H2,1-3H3,(H,12,16)(H,14,15). The minimum atomic E-state index is -1.08. The van der Waals surface area contributed by atoms with Gasteiger partial charge in [-0.05, 0) is 26.3 Å². The fourth-order valence-electron chi connectivity index (χ4n) is 1.41. The molecule has 17 heavy (non-hydrogen) atoms. The summed E-state index contributed by atoms with van der Waals surface area (Å²) in [6.07, 6.45) is 1.000. The summed E-state index contributed by atoms with van der Waals surface area (Å²) in [5.74, 6) is -1.08. The van der Waals surface area contributed by atoms with E-state index in [0.717, 1.165) is 10.8 Å². The van der Waals surface area contributed by atoms with Crippen LogP contribution in [0, 0.1) is 13.8 Å². The monoisotopic (exact) mass is 238 g/mol. The Morgan fingerprint density at radius 1 is 1.35 bits per heavy atom. The summed E-state index contributed by atoms with van der Waals surface area (Å²) < 4.78 is 1.11. The third-order valence-electron chi connectivity index (χ3n) is 2.48. The maximum atomic E-state index is 11.8. The first-order valence-electron chi connectivity index (χ1n) is 5.03. The van der Waals surface area contributed by atoms with Crippen LogP contribution in [0.3, 0.4) is 0 Å². The molecule has 0 spiro atoms. The van der Waals surface area contributed by atoms with E-state index in [-0.39, 0.29) is 17.7 Å². The van der Waals surface area contributed by atoms with Crippen molar-refractivity contribution in [3.8, 4) is 0 Å². The first-order chi connectivity index (χ1) is 7.82. The highest BCUT2D eigenvalue weighted by Gasteiger charge is 2.07. The molecule has 6 nitrogen and oxygen atoms in total. The van der Waals surface area contributed by atoms with Gasteiger partial charge in [-0.3, -0.25) is 14.7 Å².